The fraction of sp³-hybridized carbons (Fsp3) is 0.500. The van der Waals surface area contributed by atoms with Crippen LogP contribution in [0.15, 0.2) is 12.1 Å². The smallest absolute Gasteiger partial charge is 0.307 e. The van der Waals surface area contributed by atoms with Crippen molar-refractivity contribution >= 4 is 34.7 Å². The van der Waals surface area contributed by atoms with Gasteiger partial charge in [-0.1, -0.05) is 24.4 Å². The highest BCUT2D eigenvalue weighted by atomic mass is 35.5. The summed E-state index contributed by atoms with van der Waals surface area (Å²) in [6.45, 7) is 0. The van der Waals surface area contributed by atoms with Crippen molar-refractivity contribution in [1.82, 2.24) is 0 Å². The van der Waals surface area contributed by atoms with E-state index in [-0.39, 0.29) is 11.7 Å². The quantitative estimate of drug-likeness (QED) is 0.857. The Bertz CT molecular complexity index is 441. The van der Waals surface area contributed by atoms with Crippen LogP contribution in [0.3, 0.4) is 0 Å². The number of halogens is 1. The van der Waals surface area contributed by atoms with Crippen LogP contribution in [0.2, 0.25) is 4.34 Å². The number of hydrogen-bond donors (Lipinski definition) is 1. The monoisotopic (exact) mass is 272 g/mol. The number of rotatable bonds is 3. The van der Waals surface area contributed by atoms with Gasteiger partial charge in [0.1, 0.15) is 0 Å². The van der Waals surface area contributed by atoms with E-state index in [4.69, 9.17) is 16.7 Å². The Morgan fingerprint density at radius 2 is 1.88 bits per heavy atom. The van der Waals surface area contributed by atoms with E-state index in [9.17, 15) is 9.59 Å². The Balaban J connectivity index is 2.19. The third-order valence-electron chi connectivity index (χ3n) is 3.24. The molecule has 92 valence electrons. The predicted molar refractivity (Wildman–Crippen MR) is 66.7 cm³/mol. The van der Waals surface area contributed by atoms with Crippen LogP contribution in [-0.4, -0.2) is 16.9 Å². The van der Waals surface area contributed by atoms with Gasteiger partial charge in [-0.05, 0) is 25.0 Å². The largest absolute Gasteiger partial charge is 0.481 e. The number of carboxylic acids is 1. The Morgan fingerprint density at radius 1 is 1.24 bits per heavy atom. The van der Waals surface area contributed by atoms with Crippen LogP contribution in [0, 0.1) is 11.8 Å². The van der Waals surface area contributed by atoms with E-state index in [1.165, 1.54) is 11.3 Å². The molecule has 1 N–H and O–H groups in total. The van der Waals surface area contributed by atoms with E-state index in [0.717, 1.165) is 12.8 Å². The van der Waals surface area contributed by atoms with E-state index in [1.54, 1.807) is 12.1 Å². The molecule has 1 aliphatic carbocycles. The fourth-order valence-corrected chi connectivity index (χ4v) is 3.42. The van der Waals surface area contributed by atoms with Gasteiger partial charge in [0.15, 0.2) is 5.78 Å². The molecule has 2 rings (SSSR count). The molecule has 0 saturated heterocycles. The predicted octanol–water partition coefficient (Wildman–Crippen LogP) is 3.48. The number of hydrogen-bond acceptors (Lipinski definition) is 3. The lowest BCUT2D eigenvalue weighted by molar-refractivity contribution is -0.144. The normalized spacial score (nSPS) is 24.5. The molecule has 0 spiro atoms. The molecule has 1 aliphatic rings. The van der Waals surface area contributed by atoms with Crippen molar-refractivity contribution in [2.45, 2.75) is 25.7 Å². The first-order chi connectivity index (χ1) is 8.09. The lowest BCUT2D eigenvalue weighted by atomic mass is 9.76. The van der Waals surface area contributed by atoms with Gasteiger partial charge in [-0.15, -0.1) is 11.3 Å². The second kappa shape index (κ2) is 5.19. The highest BCUT2D eigenvalue weighted by Gasteiger charge is 2.36. The van der Waals surface area contributed by atoms with Crippen LogP contribution in [0.5, 0.6) is 0 Å². The minimum Gasteiger partial charge on any atom is -0.481 e. The van der Waals surface area contributed by atoms with Crippen LogP contribution in [0.4, 0.5) is 0 Å². The van der Waals surface area contributed by atoms with E-state index in [1.807, 2.05) is 0 Å². The van der Waals surface area contributed by atoms with Crippen molar-refractivity contribution in [1.29, 1.82) is 0 Å². The molecule has 0 aliphatic heterocycles. The van der Waals surface area contributed by atoms with Gasteiger partial charge >= 0.3 is 5.97 Å². The van der Waals surface area contributed by atoms with Crippen LogP contribution in [0.25, 0.3) is 0 Å². The Hall–Kier alpha value is -0.870. The van der Waals surface area contributed by atoms with Crippen LogP contribution < -0.4 is 0 Å². The summed E-state index contributed by atoms with van der Waals surface area (Å²) in [6, 6.07) is 3.36. The average Bonchev–Trinajstić information content (AvgIpc) is 2.75. The lowest BCUT2D eigenvalue weighted by Crippen LogP contribution is -2.32. The fourth-order valence-electron chi connectivity index (χ4n) is 2.37. The summed E-state index contributed by atoms with van der Waals surface area (Å²) in [5.41, 5.74) is 0. The van der Waals surface area contributed by atoms with Gasteiger partial charge in [-0.25, -0.2) is 0 Å². The topological polar surface area (TPSA) is 54.4 Å². The number of thiophene rings is 1. The summed E-state index contributed by atoms with van der Waals surface area (Å²) in [7, 11) is 0. The molecule has 1 fully saturated rings. The first-order valence-corrected chi connectivity index (χ1v) is 6.81. The van der Waals surface area contributed by atoms with Gasteiger partial charge < -0.3 is 5.11 Å². The molecule has 1 saturated carbocycles. The molecule has 0 radical (unpaired) electrons. The third-order valence-corrected chi connectivity index (χ3v) is 4.48. The van der Waals surface area contributed by atoms with Crippen molar-refractivity contribution in [3.8, 4) is 0 Å². The van der Waals surface area contributed by atoms with Gasteiger partial charge in [0.05, 0.1) is 15.1 Å². The molecule has 1 aromatic rings. The molecular weight excluding hydrogens is 260 g/mol. The Kier molecular flexibility index (Phi) is 3.84. The number of carbonyl (C=O) groups excluding carboxylic acids is 1. The molecule has 0 unspecified atom stereocenters. The second-order valence-corrected chi connectivity index (χ2v) is 6.02. The maximum absolute atomic E-state index is 12.2. The molecule has 0 aromatic carbocycles. The zero-order chi connectivity index (χ0) is 12.4. The third kappa shape index (κ3) is 2.69. The van der Waals surface area contributed by atoms with E-state index >= 15 is 0 Å². The maximum atomic E-state index is 12.2. The van der Waals surface area contributed by atoms with Crippen molar-refractivity contribution in [2.24, 2.45) is 11.8 Å². The number of carbonyl (C=O) groups is 2. The number of ketones is 1. The minimum absolute atomic E-state index is 0.0611. The highest BCUT2D eigenvalue weighted by molar-refractivity contribution is 7.18. The van der Waals surface area contributed by atoms with Crippen LogP contribution in [-0.2, 0) is 4.79 Å². The van der Waals surface area contributed by atoms with E-state index in [2.05, 4.69) is 0 Å². The van der Waals surface area contributed by atoms with Crippen molar-refractivity contribution in [3.05, 3.63) is 21.3 Å². The van der Waals surface area contributed by atoms with Gasteiger partial charge in [-0.2, -0.15) is 0 Å². The Labute approximate surface area is 108 Å². The number of Topliss-reactive ketones (excluding diaryl/α,β-unsaturated/α-hetero) is 1. The average molecular weight is 273 g/mol. The summed E-state index contributed by atoms with van der Waals surface area (Å²) in [5.74, 6) is -1.83. The maximum Gasteiger partial charge on any atom is 0.307 e. The standard InChI is InChI=1S/C12H13ClO3S/c13-10-6-5-9(17-10)11(14)7-3-1-2-4-8(7)12(15)16/h5-8H,1-4H2,(H,15,16)/t7-,8+/m1/s1. The minimum atomic E-state index is -0.856. The van der Waals surface area contributed by atoms with Gasteiger partial charge in [0, 0.05) is 5.92 Å². The summed E-state index contributed by atoms with van der Waals surface area (Å²) >= 11 is 7.02. The van der Waals surface area contributed by atoms with Crippen molar-refractivity contribution < 1.29 is 14.7 Å². The summed E-state index contributed by atoms with van der Waals surface area (Å²) in [6.07, 6.45) is 3.10. The van der Waals surface area contributed by atoms with Crippen LogP contribution >= 0.6 is 22.9 Å². The second-order valence-electron chi connectivity index (χ2n) is 4.30. The first kappa shape index (κ1) is 12.6. The highest BCUT2D eigenvalue weighted by Crippen LogP contribution is 2.34. The Morgan fingerprint density at radius 3 is 2.41 bits per heavy atom. The van der Waals surface area contributed by atoms with E-state index < -0.39 is 11.9 Å². The summed E-state index contributed by atoms with van der Waals surface area (Å²) in [4.78, 5) is 23.9. The van der Waals surface area contributed by atoms with Crippen molar-refractivity contribution in [2.75, 3.05) is 0 Å². The molecule has 0 amide bonds. The van der Waals surface area contributed by atoms with Crippen molar-refractivity contribution in [3.63, 3.8) is 0 Å². The zero-order valence-corrected chi connectivity index (χ0v) is 10.8. The summed E-state index contributed by atoms with van der Waals surface area (Å²) in [5, 5.41) is 9.13. The van der Waals surface area contributed by atoms with Crippen LogP contribution in [0.1, 0.15) is 35.4 Å². The molecule has 1 heterocycles. The van der Waals surface area contributed by atoms with Gasteiger partial charge in [0.2, 0.25) is 0 Å². The number of carboxylic acid groups (broad SMARTS) is 1. The van der Waals surface area contributed by atoms with Gasteiger partial charge in [-0.3, -0.25) is 9.59 Å². The number of aliphatic carboxylic acids is 1. The molecule has 1 aromatic heterocycles. The van der Waals surface area contributed by atoms with Gasteiger partial charge in [0.25, 0.3) is 0 Å². The van der Waals surface area contributed by atoms with E-state index in [0.29, 0.717) is 22.1 Å². The summed E-state index contributed by atoms with van der Waals surface area (Å²) < 4.78 is 0.566. The molecule has 3 nitrogen and oxygen atoms in total. The molecule has 5 heteroatoms. The lowest BCUT2D eigenvalue weighted by Gasteiger charge is -2.26. The molecule has 17 heavy (non-hydrogen) atoms. The first-order valence-electron chi connectivity index (χ1n) is 5.62. The SMILES string of the molecule is O=C(O)[C@H]1CCCC[C@H]1C(=O)c1ccc(Cl)s1. The molecule has 2 atom stereocenters. The molecule has 0 bridgehead atoms. The zero-order valence-electron chi connectivity index (χ0n) is 9.19. The molecular formula is C12H13ClO3S.